The highest BCUT2D eigenvalue weighted by atomic mass is 17.0. The molecule has 0 aliphatic heterocycles. The van der Waals surface area contributed by atoms with E-state index in [1.54, 1.807) is 0 Å². The first-order valence-electron chi connectivity index (χ1n) is 3.37. The number of nitro groups is 1. The lowest BCUT2D eigenvalue weighted by molar-refractivity contribution is -0.711. The van der Waals surface area contributed by atoms with Gasteiger partial charge >= 0.3 is 5.69 Å². The number of rotatable bonds is 3. The van der Waals surface area contributed by atoms with Crippen LogP contribution in [0.4, 0.5) is 11.4 Å². The second-order valence-electron chi connectivity index (χ2n) is 2.27. The van der Waals surface area contributed by atoms with Crippen LogP contribution in [0.15, 0.2) is 18.2 Å². The molecule has 1 aromatic rings. The molecule has 0 spiro atoms. The minimum absolute atomic E-state index is 0.157. The van der Waals surface area contributed by atoms with Gasteiger partial charge in [-0.25, -0.2) is 0 Å². The van der Waals surface area contributed by atoms with Crippen LogP contribution in [-0.2, 0) is 0 Å². The van der Waals surface area contributed by atoms with Crippen molar-refractivity contribution in [2.45, 2.75) is 0 Å². The van der Waals surface area contributed by atoms with E-state index >= 15 is 0 Å². The first-order chi connectivity index (χ1) is 6.52. The summed E-state index contributed by atoms with van der Waals surface area (Å²) in [5.74, 6) is -0.553. The van der Waals surface area contributed by atoms with Crippen molar-refractivity contribution in [2.75, 3.05) is 5.73 Å². The van der Waals surface area contributed by atoms with Gasteiger partial charge in [-0.05, 0) is 6.07 Å². The fourth-order valence-electron chi connectivity index (χ4n) is 0.860. The Morgan fingerprint density at radius 2 is 1.93 bits per heavy atom. The molecule has 2 N–H and O–H groups in total. The summed E-state index contributed by atoms with van der Waals surface area (Å²) >= 11 is 0. The smallest absolute Gasteiger partial charge is 0.301 e. The van der Waals surface area contributed by atoms with Gasteiger partial charge in [-0.2, -0.15) is 0 Å². The number of anilines is 1. The molecule has 0 aliphatic carbocycles. The minimum Gasteiger partial charge on any atom is -0.397 e. The summed E-state index contributed by atoms with van der Waals surface area (Å²) in [6.07, 6.45) is 0. The fraction of sp³-hybridized carbons (Fsp3) is 0. The van der Waals surface area contributed by atoms with E-state index in [-0.39, 0.29) is 5.69 Å². The number of nitrogens with zero attached hydrogens (tertiary/aromatic N) is 2. The molecule has 0 saturated carbocycles. The molecule has 14 heavy (non-hydrogen) atoms. The topological polar surface area (TPSA) is 122 Å². The van der Waals surface area contributed by atoms with Crippen molar-refractivity contribution in [1.82, 2.24) is 0 Å². The lowest BCUT2D eigenvalue weighted by atomic mass is 10.2. The van der Waals surface area contributed by atoms with Crippen molar-refractivity contribution in [3.63, 3.8) is 0 Å². The molecule has 74 valence electrons. The summed E-state index contributed by atoms with van der Waals surface area (Å²) < 4.78 is 0. The van der Waals surface area contributed by atoms with Gasteiger partial charge in [0.05, 0.1) is 10.6 Å². The van der Waals surface area contributed by atoms with Crippen LogP contribution in [-0.4, -0.2) is 10.0 Å². The summed E-state index contributed by atoms with van der Waals surface area (Å²) in [6, 6.07) is 3.64. The Bertz CT molecular complexity index is 391. The zero-order valence-corrected chi connectivity index (χ0v) is 6.75. The highest BCUT2D eigenvalue weighted by Gasteiger charge is 2.19. The molecule has 0 atom stereocenters. The molecule has 0 aliphatic rings. The molecule has 0 saturated heterocycles. The Morgan fingerprint density at radius 1 is 1.29 bits per heavy atom. The molecule has 8 nitrogen and oxygen atoms in total. The van der Waals surface area contributed by atoms with Gasteiger partial charge in [0.25, 0.3) is 5.09 Å². The number of nitrogens with two attached hydrogens (primary N) is 1. The second kappa shape index (κ2) is 3.56. The lowest BCUT2D eigenvalue weighted by Crippen LogP contribution is -2.07. The molecular formula is C6H5N3O5. The quantitative estimate of drug-likeness (QED) is 0.435. The van der Waals surface area contributed by atoms with Crippen LogP contribution >= 0.6 is 0 Å². The highest BCUT2D eigenvalue weighted by Crippen LogP contribution is 2.32. The van der Waals surface area contributed by atoms with Crippen LogP contribution in [0.1, 0.15) is 0 Å². The predicted molar refractivity (Wildman–Crippen MR) is 45.1 cm³/mol. The largest absolute Gasteiger partial charge is 0.397 e. The van der Waals surface area contributed by atoms with Crippen molar-refractivity contribution in [2.24, 2.45) is 0 Å². The van der Waals surface area contributed by atoms with Crippen molar-refractivity contribution < 1.29 is 14.8 Å². The highest BCUT2D eigenvalue weighted by molar-refractivity contribution is 5.63. The van der Waals surface area contributed by atoms with Crippen molar-refractivity contribution in [3.05, 3.63) is 38.4 Å². The zero-order valence-electron chi connectivity index (χ0n) is 6.75. The molecule has 0 fully saturated rings. The molecule has 1 aromatic carbocycles. The maximum absolute atomic E-state index is 10.4. The van der Waals surface area contributed by atoms with Crippen LogP contribution < -0.4 is 10.6 Å². The summed E-state index contributed by atoms with van der Waals surface area (Å²) in [4.78, 5) is 23.6. The standard InChI is InChI=1S/C6H5N3O5/c7-4-2-1-3-5(8(10)11)6(4)14-9(12)13/h1-3H,7H2. The maximum Gasteiger partial charge on any atom is 0.301 e. The molecule has 0 bridgehead atoms. The summed E-state index contributed by atoms with van der Waals surface area (Å²) in [5.41, 5.74) is 4.58. The fourth-order valence-corrected chi connectivity index (χ4v) is 0.860. The Balaban J connectivity index is 3.22. The number of hydrogen-bond donors (Lipinski definition) is 1. The third-order valence-corrected chi connectivity index (χ3v) is 1.39. The molecular weight excluding hydrogens is 194 g/mol. The van der Waals surface area contributed by atoms with Crippen LogP contribution in [0, 0.1) is 20.2 Å². The van der Waals surface area contributed by atoms with E-state index in [0.717, 1.165) is 6.07 Å². The van der Waals surface area contributed by atoms with Crippen molar-refractivity contribution >= 4 is 11.4 Å². The number of benzene rings is 1. The van der Waals surface area contributed by atoms with Gasteiger partial charge in [0, 0.05) is 6.07 Å². The third-order valence-electron chi connectivity index (χ3n) is 1.39. The summed E-state index contributed by atoms with van der Waals surface area (Å²) in [5, 5.41) is 19.2. The van der Waals surface area contributed by atoms with Crippen molar-refractivity contribution in [3.8, 4) is 5.75 Å². The van der Waals surface area contributed by atoms with Gasteiger partial charge in [0.2, 0.25) is 5.75 Å². The van der Waals surface area contributed by atoms with E-state index in [1.807, 2.05) is 0 Å². The molecule has 0 amide bonds. The normalized spacial score (nSPS) is 9.43. The maximum atomic E-state index is 10.4. The Kier molecular flexibility index (Phi) is 2.47. The summed E-state index contributed by atoms with van der Waals surface area (Å²) in [6.45, 7) is 0. The van der Waals surface area contributed by atoms with Crippen molar-refractivity contribution in [1.29, 1.82) is 0 Å². The molecule has 0 radical (unpaired) electrons. The zero-order chi connectivity index (χ0) is 10.7. The van der Waals surface area contributed by atoms with Gasteiger partial charge in [-0.3, -0.25) is 15.0 Å². The first-order valence-corrected chi connectivity index (χ1v) is 3.37. The van der Waals surface area contributed by atoms with E-state index in [1.165, 1.54) is 12.1 Å². The lowest BCUT2D eigenvalue weighted by Gasteiger charge is -2.02. The van der Waals surface area contributed by atoms with Crippen LogP contribution in [0.2, 0.25) is 0 Å². The SMILES string of the molecule is Nc1cccc([N+](=O)[O-])c1O[N+](=O)[O-]. The van der Waals surface area contributed by atoms with Gasteiger partial charge in [-0.1, -0.05) is 6.07 Å². The number of hydrogen-bond acceptors (Lipinski definition) is 6. The Labute approximate surface area is 77.1 Å². The summed E-state index contributed by atoms with van der Waals surface area (Å²) in [7, 11) is 0. The first kappa shape index (κ1) is 9.71. The third kappa shape index (κ3) is 1.86. The molecule has 0 aromatic heterocycles. The average Bonchev–Trinajstić information content (AvgIpc) is 2.07. The van der Waals surface area contributed by atoms with E-state index in [0.29, 0.717) is 0 Å². The van der Waals surface area contributed by atoms with E-state index in [2.05, 4.69) is 4.84 Å². The molecule has 0 heterocycles. The Hall–Kier alpha value is -2.38. The second-order valence-corrected chi connectivity index (χ2v) is 2.27. The number of nitro benzene ring substituents is 1. The Morgan fingerprint density at radius 3 is 2.43 bits per heavy atom. The van der Waals surface area contributed by atoms with Gasteiger partial charge in [0.1, 0.15) is 0 Å². The predicted octanol–water partition coefficient (Wildman–Crippen LogP) is 0.748. The van der Waals surface area contributed by atoms with E-state index < -0.39 is 21.4 Å². The molecule has 8 heteroatoms. The van der Waals surface area contributed by atoms with Gasteiger partial charge in [-0.15, -0.1) is 10.1 Å². The number of para-hydroxylation sites is 1. The number of nitrogen functional groups attached to an aromatic ring is 1. The van der Waals surface area contributed by atoms with Crippen LogP contribution in [0.3, 0.4) is 0 Å². The molecule has 1 rings (SSSR count). The average molecular weight is 199 g/mol. The van der Waals surface area contributed by atoms with Crippen LogP contribution in [0.25, 0.3) is 0 Å². The minimum atomic E-state index is -1.15. The van der Waals surface area contributed by atoms with E-state index in [9.17, 15) is 20.2 Å². The van der Waals surface area contributed by atoms with E-state index in [4.69, 9.17) is 5.73 Å². The van der Waals surface area contributed by atoms with Crippen LogP contribution in [0.5, 0.6) is 5.75 Å². The monoisotopic (exact) mass is 199 g/mol. The molecule has 0 unspecified atom stereocenters. The van der Waals surface area contributed by atoms with Gasteiger partial charge < -0.3 is 5.73 Å². The van der Waals surface area contributed by atoms with Gasteiger partial charge in [0.15, 0.2) is 0 Å².